The predicted molar refractivity (Wildman–Crippen MR) is 116 cm³/mol. The molecule has 8 heteroatoms. The monoisotopic (exact) mass is 422 g/mol. The lowest BCUT2D eigenvalue weighted by Crippen LogP contribution is -2.21. The number of carbonyl (C=O) groups excluding carboxylic acids is 1. The fourth-order valence-electron chi connectivity index (χ4n) is 2.91. The molecule has 0 aliphatic heterocycles. The molecule has 7 nitrogen and oxygen atoms in total. The number of aryl methyl sites for hydroxylation is 1. The van der Waals surface area contributed by atoms with Crippen LogP contribution >= 0.6 is 11.3 Å². The van der Waals surface area contributed by atoms with Gasteiger partial charge in [-0.2, -0.15) is 9.78 Å². The van der Waals surface area contributed by atoms with Crippen LogP contribution in [-0.2, 0) is 4.79 Å². The van der Waals surface area contributed by atoms with Gasteiger partial charge in [0, 0.05) is 11.4 Å². The molecule has 0 spiro atoms. The SMILES string of the molecule is Cc1cc(NC(=O)COc2ccc(C(C)C)cc2)n(-c2nc(-c3ccco3)cs2)n1. The van der Waals surface area contributed by atoms with E-state index in [0.29, 0.717) is 28.4 Å². The van der Waals surface area contributed by atoms with E-state index in [1.54, 1.807) is 17.0 Å². The first-order valence-corrected chi connectivity index (χ1v) is 10.5. The molecule has 1 N–H and O–H groups in total. The highest BCUT2D eigenvalue weighted by Crippen LogP contribution is 2.26. The summed E-state index contributed by atoms with van der Waals surface area (Å²) in [5.41, 5.74) is 2.72. The highest BCUT2D eigenvalue weighted by molar-refractivity contribution is 7.12. The number of amides is 1. The van der Waals surface area contributed by atoms with Crippen molar-refractivity contribution in [2.75, 3.05) is 11.9 Å². The Morgan fingerprint density at radius 2 is 2.07 bits per heavy atom. The number of hydrogen-bond acceptors (Lipinski definition) is 6. The zero-order chi connectivity index (χ0) is 21.1. The molecule has 0 radical (unpaired) electrons. The van der Waals surface area contributed by atoms with E-state index < -0.39 is 0 Å². The summed E-state index contributed by atoms with van der Waals surface area (Å²) in [4.78, 5) is 17.0. The Morgan fingerprint density at radius 3 is 2.77 bits per heavy atom. The number of furan rings is 1. The molecule has 1 aromatic carbocycles. The van der Waals surface area contributed by atoms with Crippen molar-refractivity contribution in [1.82, 2.24) is 14.8 Å². The van der Waals surface area contributed by atoms with Gasteiger partial charge in [-0.1, -0.05) is 26.0 Å². The molecule has 0 bridgehead atoms. The number of benzene rings is 1. The third kappa shape index (κ3) is 4.44. The lowest BCUT2D eigenvalue weighted by molar-refractivity contribution is -0.118. The molecule has 0 fully saturated rings. The van der Waals surface area contributed by atoms with Gasteiger partial charge in [0.1, 0.15) is 17.3 Å². The number of nitrogens with zero attached hydrogens (tertiary/aromatic N) is 3. The molecule has 0 atom stereocenters. The standard InChI is InChI=1S/C22H22N4O3S/c1-14(2)16-6-8-17(9-7-16)29-12-21(27)24-20-11-15(3)25-26(20)22-23-18(13-30-22)19-5-4-10-28-19/h4-11,13-14H,12H2,1-3H3,(H,24,27). The van der Waals surface area contributed by atoms with Crippen LogP contribution in [0, 0.1) is 6.92 Å². The summed E-state index contributed by atoms with van der Waals surface area (Å²) in [6.45, 7) is 6.03. The van der Waals surface area contributed by atoms with Gasteiger partial charge in [-0.05, 0) is 42.7 Å². The van der Waals surface area contributed by atoms with Gasteiger partial charge in [-0.3, -0.25) is 4.79 Å². The van der Waals surface area contributed by atoms with Gasteiger partial charge < -0.3 is 14.5 Å². The summed E-state index contributed by atoms with van der Waals surface area (Å²) in [5, 5.41) is 9.83. The lowest BCUT2D eigenvalue weighted by Gasteiger charge is -2.10. The second-order valence-corrected chi connectivity index (χ2v) is 7.97. The molecule has 3 aromatic heterocycles. The quantitative estimate of drug-likeness (QED) is 0.451. The van der Waals surface area contributed by atoms with Crippen LogP contribution < -0.4 is 10.1 Å². The molecule has 1 amide bonds. The highest BCUT2D eigenvalue weighted by atomic mass is 32.1. The highest BCUT2D eigenvalue weighted by Gasteiger charge is 2.15. The molecule has 3 heterocycles. The van der Waals surface area contributed by atoms with E-state index in [1.807, 2.05) is 48.7 Å². The second-order valence-electron chi connectivity index (χ2n) is 7.14. The first-order chi connectivity index (χ1) is 14.5. The van der Waals surface area contributed by atoms with E-state index in [9.17, 15) is 4.79 Å². The van der Waals surface area contributed by atoms with Crippen molar-refractivity contribution in [3.63, 3.8) is 0 Å². The van der Waals surface area contributed by atoms with Gasteiger partial charge in [0.05, 0.1) is 12.0 Å². The molecular weight excluding hydrogens is 400 g/mol. The Balaban J connectivity index is 1.43. The number of rotatable bonds is 7. The van der Waals surface area contributed by atoms with Crippen molar-refractivity contribution < 1.29 is 13.9 Å². The van der Waals surface area contributed by atoms with Crippen molar-refractivity contribution >= 4 is 23.1 Å². The minimum atomic E-state index is -0.271. The summed E-state index contributed by atoms with van der Waals surface area (Å²) in [6.07, 6.45) is 1.61. The second kappa shape index (κ2) is 8.54. The van der Waals surface area contributed by atoms with Gasteiger partial charge in [0.15, 0.2) is 12.4 Å². The zero-order valence-electron chi connectivity index (χ0n) is 17.0. The number of anilines is 1. The average Bonchev–Trinajstić information content (AvgIpc) is 3.47. The Hall–Kier alpha value is -3.39. The van der Waals surface area contributed by atoms with Crippen molar-refractivity contribution in [1.29, 1.82) is 0 Å². The zero-order valence-corrected chi connectivity index (χ0v) is 17.8. The number of aromatic nitrogens is 3. The third-order valence-corrected chi connectivity index (χ3v) is 5.28. The molecule has 0 aliphatic rings. The van der Waals surface area contributed by atoms with Crippen LogP contribution in [0.2, 0.25) is 0 Å². The molecular formula is C22H22N4O3S. The summed E-state index contributed by atoms with van der Waals surface area (Å²) in [6, 6.07) is 13.2. The summed E-state index contributed by atoms with van der Waals surface area (Å²) < 4.78 is 12.6. The van der Waals surface area contributed by atoms with E-state index in [-0.39, 0.29) is 12.5 Å². The van der Waals surface area contributed by atoms with E-state index >= 15 is 0 Å². The Morgan fingerprint density at radius 1 is 1.27 bits per heavy atom. The largest absolute Gasteiger partial charge is 0.484 e. The van der Waals surface area contributed by atoms with Crippen LogP contribution in [0.5, 0.6) is 5.75 Å². The molecule has 0 saturated heterocycles. The molecule has 0 unspecified atom stereocenters. The van der Waals surface area contributed by atoms with E-state index in [0.717, 1.165) is 11.4 Å². The molecule has 0 saturated carbocycles. The predicted octanol–water partition coefficient (Wildman–Crippen LogP) is 5.04. The molecule has 0 aliphatic carbocycles. The van der Waals surface area contributed by atoms with Crippen molar-refractivity contribution in [3.05, 3.63) is 65.4 Å². The maximum absolute atomic E-state index is 12.4. The van der Waals surface area contributed by atoms with Gasteiger partial charge in [-0.25, -0.2) is 4.98 Å². The lowest BCUT2D eigenvalue weighted by atomic mass is 10.0. The minimum Gasteiger partial charge on any atom is -0.484 e. The Labute approximate surface area is 178 Å². The molecule has 4 rings (SSSR count). The maximum atomic E-state index is 12.4. The summed E-state index contributed by atoms with van der Waals surface area (Å²) in [5.74, 6) is 2.06. The van der Waals surface area contributed by atoms with Gasteiger partial charge in [0.2, 0.25) is 5.13 Å². The van der Waals surface area contributed by atoms with Crippen molar-refractivity contribution in [2.24, 2.45) is 0 Å². The Kier molecular flexibility index (Phi) is 5.67. The van der Waals surface area contributed by atoms with Crippen LogP contribution in [0.25, 0.3) is 16.6 Å². The third-order valence-electron chi connectivity index (χ3n) is 4.46. The Bertz CT molecular complexity index is 1130. The summed E-state index contributed by atoms with van der Waals surface area (Å²) in [7, 11) is 0. The maximum Gasteiger partial charge on any atom is 0.263 e. The number of carbonyl (C=O) groups is 1. The number of nitrogens with one attached hydrogen (secondary N) is 1. The van der Waals surface area contributed by atoms with Crippen molar-refractivity contribution in [2.45, 2.75) is 26.7 Å². The minimum absolute atomic E-state index is 0.0965. The fourth-order valence-corrected chi connectivity index (χ4v) is 3.69. The molecule has 30 heavy (non-hydrogen) atoms. The van der Waals surface area contributed by atoms with Crippen LogP contribution in [0.1, 0.15) is 31.0 Å². The number of hydrogen-bond donors (Lipinski definition) is 1. The van der Waals surface area contributed by atoms with Crippen LogP contribution in [0.4, 0.5) is 5.82 Å². The molecule has 4 aromatic rings. The topological polar surface area (TPSA) is 82.2 Å². The van der Waals surface area contributed by atoms with Gasteiger partial charge in [0.25, 0.3) is 5.91 Å². The van der Waals surface area contributed by atoms with Crippen molar-refractivity contribution in [3.8, 4) is 22.3 Å². The van der Waals surface area contributed by atoms with Crippen LogP contribution in [0.3, 0.4) is 0 Å². The van der Waals surface area contributed by atoms with Crippen LogP contribution in [-0.4, -0.2) is 27.3 Å². The van der Waals surface area contributed by atoms with Gasteiger partial charge in [-0.15, -0.1) is 11.3 Å². The van der Waals surface area contributed by atoms with E-state index in [1.165, 1.54) is 16.9 Å². The van der Waals surface area contributed by atoms with Crippen LogP contribution in [0.15, 0.2) is 58.5 Å². The summed E-state index contributed by atoms with van der Waals surface area (Å²) >= 11 is 1.42. The van der Waals surface area contributed by atoms with E-state index in [4.69, 9.17) is 9.15 Å². The fraction of sp³-hybridized carbons (Fsp3) is 0.227. The first kappa shape index (κ1) is 19.9. The normalized spacial score (nSPS) is 11.1. The van der Waals surface area contributed by atoms with E-state index in [2.05, 4.69) is 29.2 Å². The first-order valence-electron chi connectivity index (χ1n) is 9.58. The molecule has 154 valence electrons. The smallest absolute Gasteiger partial charge is 0.263 e. The average molecular weight is 423 g/mol. The number of thiazole rings is 1. The van der Waals surface area contributed by atoms with Gasteiger partial charge >= 0.3 is 0 Å². The number of ether oxygens (including phenoxy) is 1.